The summed E-state index contributed by atoms with van der Waals surface area (Å²) in [6, 6.07) is 20.4. The SMILES string of the molecule is CCSC(Nc1ccccc1)=[NH+]c1ccccc1.[Br-]. The van der Waals surface area contributed by atoms with Crippen LogP contribution in [0.25, 0.3) is 0 Å². The van der Waals surface area contributed by atoms with Crippen LogP contribution in [0.3, 0.4) is 0 Å². The predicted octanol–water partition coefficient (Wildman–Crippen LogP) is -0.376. The molecule has 2 aromatic rings. The lowest BCUT2D eigenvalue weighted by Gasteiger charge is -2.01. The second kappa shape index (κ2) is 8.77. The van der Waals surface area contributed by atoms with Gasteiger partial charge in [-0.3, -0.25) is 0 Å². The Hall–Kier alpha value is -1.26. The molecule has 100 valence electrons. The van der Waals surface area contributed by atoms with Crippen LogP contribution in [0.2, 0.25) is 0 Å². The van der Waals surface area contributed by atoms with Gasteiger partial charge in [-0.2, -0.15) is 0 Å². The zero-order valence-corrected chi connectivity index (χ0v) is 13.2. The molecule has 0 aliphatic rings. The largest absolute Gasteiger partial charge is 1.00 e. The fourth-order valence-corrected chi connectivity index (χ4v) is 2.22. The van der Waals surface area contributed by atoms with E-state index in [1.54, 1.807) is 11.8 Å². The summed E-state index contributed by atoms with van der Waals surface area (Å²) in [5.74, 6) is 1.02. The van der Waals surface area contributed by atoms with E-state index >= 15 is 0 Å². The lowest BCUT2D eigenvalue weighted by molar-refractivity contribution is -0.349. The Morgan fingerprint density at radius 1 is 1.00 bits per heavy atom. The van der Waals surface area contributed by atoms with Crippen LogP contribution in [-0.2, 0) is 0 Å². The van der Waals surface area contributed by atoms with Crippen molar-refractivity contribution in [2.75, 3.05) is 11.1 Å². The molecule has 2 N–H and O–H groups in total. The number of benzene rings is 2. The molecule has 0 radical (unpaired) electrons. The highest BCUT2D eigenvalue weighted by atomic mass is 79.9. The standard InChI is InChI=1S/C15H16N2S.BrH/c1-2-18-15(16-13-9-5-3-6-10-13)17-14-11-7-4-8-12-14;/h3-12H,2H2,1H3,(H,16,17);1H. The van der Waals surface area contributed by atoms with Crippen LogP contribution in [0.1, 0.15) is 6.92 Å². The van der Waals surface area contributed by atoms with Crippen molar-refractivity contribution in [1.29, 1.82) is 0 Å². The van der Waals surface area contributed by atoms with E-state index in [0.717, 1.165) is 22.3 Å². The monoisotopic (exact) mass is 336 g/mol. The molecule has 2 nitrogen and oxygen atoms in total. The Kier molecular flexibility index (Phi) is 7.30. The van der Waals surface area contributed by atoms with Crippen LogP contribution in [0.4, 0.5) is 11.4 Å². The fraction of sp³-hybridized carbons (Fsp3) is 0.133. The van der Waals surface area contributed by atoms with Crippen molar-refractivity contribution in [3.8, 4) is 0 Å². The van der Waals surface area contributed by atoms with E-state index in [4.69, 9.17) is 0 Å². The van der Waals surface area contributed by atoms with Gasteiger partial charge >= 0.3 is 5.17 Å². The first kappa shape index (κ1) is 15.8. The number of rotatable bonds is 3. The maximum absolute atomic E-state index is 3.40. The first-order valence-corrected chi connectivity index (χ1v) is 7.01. The van der Waals surface area contributed by atoms with Gasteiger partial charge in [-0.05, 0) is 36.0 Å². The number of hydrogen-bond donors (Lipinski definition) is 2. The smallest absolute Gasteiger partial charge is 0.314 e. The van der Waals surface area contributed by atoms with Gasteiger partial charge in [0.2, 0.25) is 0 Å². The maximum Gasteiger partial charge on any atom is 0.314 e. The van der Waals surface area contributed by atoms with Crippen LogP contribution < -0.4 is 27.3 Å². The van der Waals surface area contributed by atoms with Gasteiger partial charge in [0, 0.05) is 5.75 Å². The first-order valence-electron chi connectivity index (χ1n) is 6.02. The van der Waals surface area contributed by atoms with Crippen molar-refractivity contribution in [3.63, 3.8) is 0 Å². The number of anilines is 1. The van der Waals surface area contributed by atoms with Crippen LogP contribution >= 0.6 is 11.8 Å². The average Bonchev–Trinajstić information content (AvgIpc) is 2.41. The molecule has 4 heteroatoms. The van der Waals surface area contributed by atoms with Crippen molar-refractivity contribution < 1.29 is 22.0 Å². The number of thioether (sulfide) groups is 1. The highest BCUT2D eigenvalue weighted by Gasteiger charge is 2.07. The first-order chi connectivity index (χ1) is 8.88. The molecule has 0 heterocycles. The van der Waals surface area contributed by atoms with E-state index in [9.17, 15) is 0 Å². The van der Waals surface area contributed by atoms with Gasteiger partial charge in [0.15, 0.2) is 0 Å². The highest BCUT2D eigenvalue weighted by Crippen LogP contribution is 2.08. The van der Waals surface area contributed by atoms with E-state index in [0.29, 0.717) is 0 Å². The molecule has 0 amide bonds. The quantitative estimate of drug-likeness (QED) is 0.590. The Labute approximate surface area is 129 Å². The lowest BCUT2D eigenvalue weighted by atomic mass is 10.3. The maximum atomic E-state index is 3.40. The minimum Gasteiger partial charge on any atom is -1.00 e. The third-order valence-corrected chi connectivity index (χ3v) is 3.13. The molecule has 19 heavy (non-hydrogen) atoms. The van der Waals surface area contributed by atoms with Gasteiger partial charge in [0.1, 0.15) is 11.4 Å². The summed E-state index contributed by atoms with van der Waals surface area (Å²) < 4.78 is 0. The van der Waals surface area contributed by atoms with Crippen molar-refractivity contribution >= 4 is 28.3 Å². The average molecular weight is 337 g/mol. The highest BCUT2D eigenvalue weighted by molar-refractivity contribution is 8.13. The molecule has 0 aliphatic heterocycles. The Morgan fingerprint density at radius 3 is 2.16 bits per heavy atom. The second-order valence-corrected chi connectivity index (χ2v) is 5.02. The van der Waals surface area contributed by atoms with Crippen molar-refractivity contribution in [1.82, 2.24) is 0 Å². The third-order valence-electron chi connectivity index (χ3n) is 2.35. The van der Waals surface area contributed by atoms with E-state index in [2.05, 4.69) is 41.5 Å². The van der Waals surface area contributed by atoms with Crippen molar-refractivity contribution in [3.05, 3.63) is 60.7 Å². The Bertz CT molecular complexity index is 500. The second-order valence-electron chi connectivity index (χ2n) is 3.74. The predicted molar refractivity (Wildman–Crippen MR) is 80.3 cm³/mol. The number of nitrogens with one attached hydrogen (secondary N) is 2. The minimum atomic E-state index is 0. The molecule has 0 spiro atoms. The fourth-order valence-electron chi connectivity index (χ4n) is 1.55. The number of halogens is 1. The third kappa shape index (κ3) is 5.49. The molecule has 0 atom stereocenters. The van der Waals surface area contributed by atoms with Crippen LogP contribution in [0, 0.1) is 0 Å². The Balaban J connectivity index is 0.00000180. The molecule has 0 saturated carbocycles. The zero-order valence-electron chi connectivity index (χ0n) is 10.8. The number of amidine groups is 1. The van der Waals surface area contributed by atoms with Crippen molar-refractivity contribution in [2.24, 2.45) is 0 Å². The lowest BCUT2D eigenvalue weighted by Crippen LogP contribution is -3.00. The number of para-hydroxylation sites is 2. The summed E-state index contributed by atoms with van der Waals surface area (Å²) in [4.78, 5) is 3.40. The van der Waals surface area contributed by atoms with E-state index in [1.807, 2.05) is 36.4 Å². The summed E-state index contributed by atoms with van der Waals surface area (Å²) in [6.07, 6.45) is 0. The molecule has 2 aromatic carbocycles. The molecular formula is C15H17BrN2S. The normalized spacial score (nSPS) is 10.7. The molecule has 0 aliphatic carbocycles. The molecule has 0 aromatic heterocycles. The summed E-state index contributed by atoms with van der Waals surface area (Å²) in [5.41, 5.74) is 2.19. The summed E-state index contributed by atoms with van der Waals surface area (Å²) in [7, 11) is 0. The molecule has 2 rings (SSSR count). The van der Waals surface area contributed by atoms with Crippen LogP contribution in [0.5, 0.6) is 0 Å². The molecule has 0 saturated heterocycles. The topological polar surface area (TPSA) is 26.0 Å². The van der Waals surface area contributed by atoms with Gasteiger partial charge < -0.3 is 17.0 Å². The summed E-state index contributed by atoms with van der Waals surface area (Å²) in [6.45, 7) is 2.14. The van der Waals surface area contributed by atoms with Crippen molar-refractivity contribution in [2.45, 2.75) is 6.92 Å². The van der Waals surface area contributed by atoms with Gasteiger partial charge in [-0.1, -0.05) is 43.3 Å². The van der Waals surface area contributed by atoms with Gasteiger partial charge in [0.25, 0.3) is 0 Å². The number of hydrogen-bond acceptors (Lipinski definition) is 1. The zero-order chi connectivity index (χ0) is 12.6. The molecular weight excluding hydrogens is 320 g/mol. The molecule has 0 bridgehead atoms. The molecule has 0 fully saturated rings. The van der Waals surface area contributed by atoms with Gasteiger partial charge in [-0.25, -0.2) is 10.3 Å². The van der Waals surface area contributed by atoms with E-state index in [-0.39, 0.29) is 17.0 Å². The summed E-state index contributed by atoms with van der Waals surface area (Å²) >= 11 is 1.76. The molecule has 0 unspecified atom stereocenters. The van der Waals surface area contributed by atoms with Crippen LogP contribution in [0.15, 0.2) is 60.7 Å². The van der Waals surface area contributed by atoms with Gasteiger partial charge in [0.05, 0.1) is 0 Å². The Morgan fingerprint density at radius 2 is 1.58 bits per heavy atom. The van der Waals surface area contributed by atoms with Crippen LogP contribution in [-0.4, -0.2) is 10.9 Å². The summed E-state index contributed by atoms with van der Waals surface area (Å²) in [5, 5.41) is 4.45. The van der Waals surface area contributed by atoms with Gasteiger partial charge in [-0.15, -0.1) is 0 Å². The van der Waals surface area contributed by atoms with E-state index < -0.39 is 0 Å². The minimum absolute atomic E-state index is 0. The van der Waals surface area contributed by atoms with E-state index in [1.165, 1.54) is 0 Å².